The highest BCUT2D eigenvalue weighted by Gasteiger charge is 2.35. The predicted molar refractivity (Wildman–Crippen MR) is 132 cm³/mol. The second-order valence-corrected chi connectivity index (χ2v) is 13.3. The number of rotatable bonds is 7. The maximum absolute atomic E-state index is 13.1. The Morgan fingerprint density at radius 3 is 2.73 bits per heavy atom. The molecule has 1 unspecified atom stereocenters. The van der Waals surface area contributed by atoms with Gasteiger partial charge >= 0.3 is 0 Å². The molecule has 0 aliphatic carbocycles. The molecule has 180 valence electrons. The van der Waals surface area contributed by atoms with Crippen molar-refractivity contribution < 1.29 is 18.0 Å². The monoisotopic (exact) mass is 530 g/mol. The Labute approximate surface area is 206 Å². The Morgan fingerprint density at radius 2 is 2.06 bits per heavy atom. The van der Waals surface area contributed by atoms with Gasteiger partial charge in [0.1, 0.15) is 9.21 Å². The fourth-order valence-electron chi connectivity index (χ4n) is 4.46. The zero-order valence-electron chi connectivity index (χ0n) is 18.3. The minimum absolute atomic E-state index is 0.0883. The zero-order valence-corrected chi connectivity index (χ0v) is 21.5. The number of piperidine rings is 1. The van der Waals surface area contributed by atoms with Gasteiger partial charge in [0, 0.05) is 31.1 Å². The maximum Gasteiger partial charge on any atom is 0.252 e. The van der Waals surface area contributed by atoms with Crippen molar-refractivity contribution in [2.45, 2.75) is 43.4 Å². The van der Waals surface area contributed by atoms with Crippen LogP contribution in [0, 0.1) is 5.92 Å². The van der Waals surface area contributed by atoms with Gasteiger partial charge in [-0.25, -0.2) is 8.42 Å². The average molecular weight is 531 g/mol. The lowest BCUT2D eigenvalue weighted by Crippen LogP contribution is -2.43. The van der Waals surface area contributed by atoms with Gasteiger partial charge in [-0.3, -0.25) is 14.5 Å². The smallest absolute Gasteiger partial charge is 0.252 e. The second kappa shape index (κ2) is 10.0. The molecule has 33 heavy (non-hydrogen) atoms. The summed E-state index contributed by atoms with van der Waals surface area (Å²) in [6.45, 7) is 5.15. The van der Waals surface area contributed by atoms with Gasteiger partial charge in [-0.2, -0.15) is 4.31 Å². The zero-order chi connectivity index (χ0) is 23.8. The van der Waals surface area contributed by atoms with Crippen molar-refractivity contribution >= 4 is 61.1 Å². The molecule has 2 aromatic rings. The topological polar surface area (TPSA) is 113 Å². The summed E-state index contributed by atoms with van der Waals surface area (Å²) in [7, 11) is -3.71. The Morgan fingerprint density at radius 1 is 1.27 bits per heavy atom. The van der Waals surface area contributed by atoms with Gasteiger partial charge in [0.25, 0.3) is 15.9 Å². The number of carbonyl (C=O) groups excluding carboxylic acids is 2. The molecule has 2 aliphatic rings. The first-order chi connectivity index (χ1) is 15.7. The number of hydrogen-bond acceptors (Lipinski definition) is 7. The average Bonchev–Trinajstić information content (AvgIpc) is 3.37. The number of primary amides is 1. The standard InChI is InChI=1S/C21H27ClN4O4S3/c1-2-8-25-10-7-14-15(12-25)31-21(18(14)19(23)27)24-20(28)13-4-3-9-26(11-13)33(29,30)17-6-5-16(22)32-17/h5-6,13H,2-4,7-12H2,1H3,(H2,23,27)(H,24,28). The molecule has 2 aliphatic heterocycles. The summed E-state index contributed by atoms with van der Waals surface area (Å²) >= 11 is 8.32. The van der Waals surface area contributed by atoms with E-state index in [9.17, 15) is 18.0 Å². The van der Waals surface area contributed by atoms with Gasteiger partial charge in [0.15, 0.2) is 0 Å². The Bertz CT molecular complexity index is 1160. The number of fused-ring (bicyclic) bond motifs is 1. The van der Waals surface area contributed by atoms with Crippen LogP contribution in [-0.2, 0) is 27.8 Å². The first-order valence-electron chi connectivity index (χ1n) is 10.9. The number of amides is 2. The molecule has 0 radical (unpaired) electrons. The summed E-state index contributed by atoms with van der Waals surface area (Å²) in [6, 6.07) is 3.04. The molecule has 1 fully saturated rings. The minimum atomic E-state index is -3.71. The van der Waals surface area contributed by atoms with Crippen LogP contribution in [0.1, 0.15) is 47.0 Å². The normalized spacial score (nSPS) is 19.9. The van der Waals surface area contributed by atoms with Crippen LogP contribution < -0.4 is 11.1 Å². The first-order valence-corrected chi connectivity index (χ1v) is 14.4. The van der Waals surface area contributed by atoms with E-state index in [1.54, 1.807) is 6.07 Å². The second-order valence-electron chi connectivity index (χ2n) is 8.35. The van der Waals surface area contributed by atoms with Gasteiger partial charge in [-0.15, -0.1) is 22.7 Å². The van der Waals surface area contributed by atoms with Crippen LogP contribution in [0.2, 0.25) is 4.34 Å². The first kappa shape index (κ1) is 24.6. The van der Waals surface area contributed by atoms with Crippen molar-refractivity contribution in [3.8, 4) is 0 Å². The largest absolute Gasteiger partial charge is 0.365 e. The lowest BCUT2D eigenvalue weighted by Gasteiger charge is -2.30. The van der Waals surface area contributed by atoms with Crippen LogP contribution in [0.15, 0.2) is 16.3 Å². The third-order valence-corrected chi connectivity index (χ3v) is 10.8. The molecular weight excluding hydrogens is 504 g/mol. The third kappa shape index (κ3) is 5.13. The summed E-state index contributed by atoms with van der Waals surface area (Å²) in [5, 5.41) is 3.37. The molecule has 12 heteroatoms. The number of nitrogens with two attached hydrogens (primary N) is 1. The summed E-state index contributed by atoms with van der Waals surface area (Å²) in [6.07, 6.45) is 2.92. The SMILES string of the molecule is CCCN1CCc2c(sc(NC(=O)C3CCCN(S(=O)(=O)c4ccc(Cl)s4)C3)c2C(N)=O)C1. The number of anilines is 1. The molecule has 8 nitrogen and oxygen atoms in total. The molecule has 3 N–H and O–H groups in total. The van der Waals surface area contributed by atoms with Gasteiger partial charge in [0.05, 0.1) is 15.8 Å². The van der Waals surface area contributed by atoms with Crippen LogP contribution in [0.25, 0.3) is 0 Å². The minimum Gasteiger partial charge on any atom is -0.365 e. The molecule has 2 amide bonds. The summed E-state index contributed by atoms with van der Waals surface area (Å²) in [4.78, 5) is 28.7. The van der Waals surface area contributed by atoms with E-state index in [0.29, 0.717) is 34.3 Å². The van der Waals surface area contributed by atoms with E-state index in [1.807, 2.05) is 0 Å². The van der Waals surface area contributed by atoms with Crippen LogP contribution >= 0.6 is 34.3 Å². The Hall–Kier alpha value is -1.50. The van der Waals surface area contributed by atoms with Crippen molar-refractivity contribution in [1.29, 1.82) is 0 Å². The van der Waals surface area contributed by atoms with Crippen molar-refractivity contribution in [3.63, 3.8) is 0 Å². The van der Waals surface area contributed by atoms with E-state index in [-0.39, 0.29) is 16.7 Å². The highest BCUT2D eigenvalue weighted by molar-refractivity contribution is 7.91. The summed E-state index contributed by atoms with van der Waals surface area (Å²) in [5.41, 5.74) is 7.01. The van der Waals surface area contributed by atoms with Crippen LogP contribution in [0.3, 0.4) is 0 Å². The van der Waals surface area contributed by atoms with E-state index in [0.717, 1.165) is 54.3 Å². The molecule has 4 rings (SSSR count). The van der Waals surface area contributed by atoms with E-state index < -0.39 is 21.8 Å². The van der Waals surface area contributed by atoms with Crippen molar-refractivity contribution in [2.24, 2.45) is 11.7 Å². The lowest BCUT2D eigenvalue weighted by molar-refractivity contribution is -0.120. The fraction of sp³-hybridized carbons (Fsp3) is 0.524. The van der Waals surface area contributed by atoms with Gasteiger partial charge < -0.3 is 11.1 Å². The van der Waals surface area contributed by atoms with Crippen molar-refractivity contribution in [2.75, 3.05) is 31.5 Å². The molecule has 0 aromatic carbocycles. The molecule has 4 heterocycles. The fourth-order valence-corrected chi connectivity index (χ4v) is 8.92. The van der Waals surface area contributed by atoms with Crippen LogP contribution in [-0.4, -0.2) is 55.6 Å². The molecule has 2 aromatic heterocycles. The number of sulfonamides is 1. The van der Waals surface area contributed by atoms with Crippen molar-refractivity contribution in [1.82, 2.24) is 9.21 Å². The van der Waals surface area contributed by atoms with Gasteiger partial charge in [-0.1, -0.05) is 18.5 Å². The number of thiophene rings is 2. The van der Waals surface area contributed by atoms with Crippen molar-refractivity contribution in [3.05, 3.63) is 32.5 Å². The molecule has 1 saturated heterocycles. The van der Waals surface area contributed by atoms with Gasteiger partial charge in [0.2, 0.25) is 5.91 Å². The number of hydrogen-bond donors (Lipinski definition) is 2. The van der Waals surface area contributed by atoms with E-state index in [2.05, 4.69) is 17.1 Å². The molecule has 0 bridgehead atoms. The summed E-state index contributed by atoms with van der Waals surface area (Å²) < 4.78 is 27.9. The third-order valence-electron chi connectivity index (χ3n) is 6.06. The van der Waals surface area contributed by atoms with Gasteiger partial charge in [-0.05, 0) is 49.9 Å². The van der Waals surface area contributed by atoms with Crippen LogP contribution in [0.4, 0.5) is 5.00 Å². The maximum atomic E-state index is 13.1. The molecule has 0 spiro atoms. The summed E-state index contributed by atoms with van der Waals surface area (Å²) in [5.74, 6) is -1.35. The quantitative estimate of drug-likeness (QED) is 0.570. The molecule has 1 atom stereocenters. The number of carbonyl (C=O) groups is 2. The number of halogens is 1. The number of nitrogens with zero attached hydrogens (tertiary/aromatic N) is 2. The highest BCUT2D eigenvalue weighted by atomic mass is 35.5. The molecule has 0 saturated carbocycles. The van der Waals surface area contributed by atoms with E-state index in [1.165, 1.54) is 21.7 Å². The number of nitrogens with one attached hydrogen (secondary N) is 1. The lowest BCUT2D eigenvalue weighted by atomic mass is 9.98. The Balaban J connectivity index is 1.51. The Kier molecular flexibility index (Phi) is 7.47. The van der Waals surface area contributed by atoms with E-state index in [4.69, 9.17) is 17.3 Å². The van der Waals surface area contributed by atoms with E-state index >= 15 is 0 Å². The highest BCUT2D eigenvalue weighted by Crippen LogP contribution is 2.38. The van der Waals surface area contributed by atoms with Crippen LogP contribution in [0.5, 0.6) is 0 Å². The predicted octanol–water partition coefficient (Wildman–Crippen LogP) is 3.37. The molecular formula is C21H27ClN4O4S3.